The van der Waals surface area contributed by atoms with Gasteiger partial charge in [-0.1, -0.05) is 44.2 Å². The molecule has 1 aromatic carbocycles. The van der Waals surface area contributed by atoms with E-state index < -0.39 is 9.84 Å². The highest BCUT2D eigenvalue weighted by Gasteiger charge is 2.43. The molecule has 2 aliphatic carbocycles. The van der Waals surface area contributed by atoms with Gasteiger partial charge in [0.2, 0.25) is 0 Å². The second-order valence-electron chi connectivity index (χ2n) is 7.85. The fraction of sp³-hybridized carbons (Fsp3) is 0.650. The van der Waals surface area contributed by atoms with Gasteiger partial charge in [-0.05, 0) is 42.4 Å². The number of aryl methyl sites for hydroxylation is 1. The Labute approximate surface area is 180 Å². The maximum atomic E-state index is 11.7. The number of rotatable bonds is 5. The molecule has 0 amide bonds. The predicted molar refractivity (Wildman–Crippen MR) is 122 cm³/mol. The van der Waals surface area contributed by atoms with E-state index in [1.165, 1.54) is 44.8 Å². The van der Waals surface area contributed by atoms with Crippen LogP contribution < -0.4 is 10.6 Å². The number of benzene rings is 1. The number of aliphatic imine (C=N–C) groups is 1. The molecule has 5 nitrogen and oxygen atoms in total. The van der Waals surface area contributed by atoms with Gasteiger partial charge in [0.05, 0.1) is 4.90 Å². The van der Waals surface area contributed by atoms with E-state index in [1.54, 1.807) is 13.1 Å². The third-order valence-corrected chi connectivity index (χ3v) is 7.00. The molecule has 0 heterocycles. The van der Waals surface area contributed by atoms with Crippen LogP contribution in [0.25, 0.3) is 0 Å². The molecule has 0 aliphatic heterocycles. The Bertz CT molecular complexity index is 773. The topological polar surface area (TPSA) is 70.6 Å². The van der Waals surface area contributed by atoms with E-state index in [4.69, 9.17) is 0 Å². The summed E-state index contributed by atoms with van der Waals surface area (Å²) in [6.45, 7) is 2.47. The molecular weight excluding hydrogens is 473 g/mol. The first-order chi connectivity index (χ1) is 12.4. The van der Waals surface area contributed by atoms with Crippen LogP contribution in [0.1, 0.15) is 49.7 Å². The van der Waals surface area contributed by atoms with Crippen molar-refractivity contribution in [3.05, 3.63) is 29.3 Å². The maximum absolute atomic E-state index is 11.7. The molecule has 2 atom stereocenters. The van der Waals surface area contributed by atoms with Crippen molar-refractivity contribution in [1.29, 1.82) is 0 Å². The second kappa shape index (κ2) is 9.58. The van der Waals surface area contributed by atoms with Crippen LogP contribution in [-0.2, 0) is 16.4 Å². The number of guanidine groups is 1. The lowest BCUT2D eigenvalue weighted by Crippen LogP contribution is -2.39. The lowest BCUT2D eigenvalue weighted by atomic mass is 9.85. The molecule has 2 N–H and O–H groups in total. The van der Waals surface area contributed by atoms with Crippen molar-refractivity contribution in [2.45, 2.75) is 62.9 Å². The van der Waals surface area contributed by atoms with Gasteiger partial charge in [-0.15, -0.1) is 24.0 Å². The van der Waals surface area contributed by atoms with Crippen LogP contribution in [-0.4, -0.2) is 33.7 Å². The van der Waals surface area contributed by atoms with Crippen molar-refractivity contribution < 1.29 is 8.42 Å². The smallest absolute Gasteiger partial charge is 0.191 e. The minimum Gasteiger partial charge on any atom is -0.353 e. The highest BCUT2D eigenvalue weighted by molar-refractivity contribution is 14.0. The first-order valence-electron chi connectivity index (χ1n) is 9.65. The van der Waals surface area contributed by atoms with Crippen molar-refractivity contribution in [2.75, 3.05) is 13.3 Å². The summed E-state index contributed by atoms with van der Waals surface area (Å²) < 4.78 is 23.4. The highest BCUT2D eigenvalue weighted by atomic mass is 127. The van der Waals surface area contributed by atoms with Gasteiger partial charge in [0.25, 0.3) is 0 Å². The van der Waals surface area contributed by atoms with Crippen LogP contribution in [0.5, 0.6) is 0 Å². The van der Waals surface area contributed by atoms with E-state index in [2.05, 4.69) is 15.6 Å². The van der Waals surface area contributed by atoms with Gasteiger partial charge >= 0.3 is 0 Å². The summed E-state index contributed by atoms with van der Waals surface area (Å²) in [5.41, 5.74) is 1.84. The number of nitrogens with zero attached hydrogens (tertiary/aromatic N) is 1. The molecule has 0 radical (unpaired) electrons. The third kappa shape index (κ3) is 6.07. The normalized spacial score (nSPS) is 23.4. The fourth-order valence-electron chi connectivity index (χ4n) is 4.26. The molecule has 2 aliphatic rings. The largest absolute Gasteiger partial charge is 0.353 e. The lowest BCUT2D eigenvalue weighted by Gasteiger charge is -2.22. The fourth-order valence-corrected chi connectivity index (χ4v) is 5.22. The monoisotopic (exact) mass is 505 g/mol. The van der Waals surface area contributed by atoms with Crippen molar-refractivity contribution in [3.63, 3.8) is 0 Å². The van der Waals surface area contributed by atoms with Gasteiger partial charge in [0.1, 0.15) is 0 Å². The number of hydrogen-bond donors (Lipinski definition) is 2. The van der Waals surface area contributed by atoms with Crippen molar-refractivity contribution in [1.82, 2.24) is 10.6 Å². The second-order valence-corrected chi connectivity index (χ2v) is 9.83. The minimum absolute atomic E-state index is 0. The van der Waals surface area contributed by atoms with Gasteiger partial charge in [-0.2, -0.15) is 0 Å². The zero-order valence-electron chi connectivity index (χ0n) is 16.5. The van der Waals surface area contributed by atoms with Gasteiger partial charge in [0.15, 0.2) is 15.8 Å². The molecule has 0 bridgehead atoms. The molecule has 1 aromatic rings. The van der Waals surface area contributed by atoms with Crippen LogP contribution in [0.4, 0.5) is 0 Å². The Kier molecular flexibility index (Phi) is 7.97. The van der Waals surface area contributed by atoms with Crippen LogP contribution in [0.2, 0.25) is 0 Å². The Balaban J connectivity index is 0.00000261. The Hall–Kier alpha value is -0.830. The van der Waals surface area contributed by atoms with E-state index in [1.807, 2.05) is 19.1 Å². The van der Waals surface area contributed by atoms with E-state index >= 15 is 0 Å². The van der Waals surface area contributed by atoms with Gasteiger partial charge < -0.3 is 10.6 Å². The number of sulfone groups is 1. The number of hydrogen-bond acceptors (Lipinski definition) is 3. The zero-order chi connectivity index (χ0) is 18.7. The summed E-state index contributed by atoms with van der Waals surface area (Å²) in [7, 11) is -1.37. The highest BCUT2D eigenvalue weighted by Crippen LogP contribution is 2.44. The summed E-state index contributed by atoms with van der Waals surface area (Å²) in [6, 6.07) is 6.04. The van der Waals surface area contributed by atoms with Crippen molar-refractivity contribution in [2.24, 2.45) is 16.8 Å². The molecular formula is C20H32IN3O2S. The standard InChI is InChI=1S/C20H31N3O2S.HI/c1-14-11-15(9-10-19(14)26(3,24)25)13-22-20(21-2)23-18-12-17(18)16-7-5-4-6-8-16;/h9-11,16-18H,4-8,12-13H2,1-3H3,(H2,21,22,23);1H. The van der Waals surface area contributed by atoms with Gasteiger partial charge in [-0.25, -0.2) is 8.42 Å². The third-order valence-electron chi connectivity index (χ3n) is 5.74. The quantitative estimate of drug-likeness (QED) is 0.364. The summed E-state index contributed by atoms with van der Waals surface area (Å²) in [6.07, 6.45) is 9.47. The summed E-state index contributed by atoms with van der Waals surface area (Å²) in [4.78, 5) is 4.74. The number of halogens is 1. The predicted octanol–water partition coefficient (Wildman–Crippen LogP) is 3.65. The number of nitrogens with one attached hydrogen (secondary N) is 2. The van der Waals surface area contributed by atoms with Gasteiger partial charge in [0, 0.05) is 25.9 Å². The van der Waals surface area contributed by atoms with E-state index in [0.29, 0.717) is 17.5 Å². The average Bonchev–Trinajstić information content (AvgIpc) is 3.37. The van der Waals surface area contributed by atoms with Crippen LogP contribution in [0.15, 0.2) is 28.1 Å². The minimum atomic E-state index is -3.17. The average molecular weight is 505 g/mol. The summed E-state index contributed by atoms with van der Waals surface area (Å²) in [5, 5.41) is 6.91. The molecule has 0 saturated heterocycles. The van der Waals surface area contributed by atoms with Crippen LogP contribution in [0, 0.1) is 18.8 Å². The molecule has 7 heteroatoms. The molecule has 0 spiro atoms. The van der Waals surface area contributed by atoms with E-state index in [9.17, 15) is 8.42 Å². The first-order valence-corrected chi connectivity index (χ1v) is 11.5. The lowest BCUT2D eigenvalue weighted by molar-refractivity contribution is 0.315. The molecule has 2 fully saturated rings. The van der Waals surface area contributed by atoms with E-state index in [0.717, 1.165) is 28.9 Å². The Morgan fingerprint density at radius 1 is 1.22 bits per heavy atom. The van der Waals surface area contributed by atoms with Crippen LogP contribution in [0.3, 0.4) is 0 Å². The van der Waals surface area contributed by atoms with Crippen molar-refractivity contribution in [3.8, 4) is 0 Å². The summed E-state index contributed by atoms with van der Waals surface area (Å²) in [5.74, 6) is 2.54. The van der Waals surface area contributed by atoms with Gasteiger partial charge in [-0.3, -0.25) is 4.99 Å². The van der Waals surface area contributed by atoms with Crippen LogP contribution >= 0.6 is 24.0 Å². The Morgan fingerprint density at radius 3 is 2.52 bits per heavy atom. The first kappa shape index (κ1) is 22.5. The van der Waals surface area contributed by atoms with Crippen molar-refractivity contribution >= 4 is 39.8 Å². The Morgan fingerprint density at radius 2 is 1.93 bits per heavy atom. The molecule has 0 aromatic heterocycles. The summed E-state index contributed by atoms with van der Waals surface area (Å²) >= 11 is 0. The molecule has 152 valence electrons. The molecule has 2 saturated carbocycles. The zero-order valence-corrected chi connectivity index (χ0v) is 19.6. The molecule has 2 unspecified atom stereocenters. The maximum Gasteiger partial charge on any atom is 0.191 e. The molecule has 3 rings (SSSR count). The SMILES string of the molecule is CN=C(NCc1ccc(S(C)(=O)=O)c(C)c1)NC1CC1C1CCCCC1.I. The molecule has 27 heavy (non-hydrogen) atoms. The van der Waals surface area contributed by atoms with E-state index in [-0.39, 0.29) is 24.0 Å².